The highest BCUT2D eigenvalue weighted by molar-refractivity contribution is 5.69. The normalized spacial score (nSPS) is 18.6. The van der Waals surface area contributed by atoms with E-state index in [-0.39, 0.29) is 11.7 Å². The summed E-state index contributed by atoms with van der Waals surface area (Å²) in [7, 11) is 0. The molecule has 1 fully saturated rings. The summed E-state index contributed by atoms with van der Waals surface area (Å²) >= 11 is 0. The molecule has 0 aliphatic carbocycles. The second kappa shape index (κ2) is 6.54. The average Bonchev–Trinajstić information content (AvgIpc) is 2.45. The molecule has 0 N–H and O–H groups in total. The Morgan fingerprint density at radius 1 is 1.43 bits per heavy atom. The minimum Gasteiger partial charge on any atom is -0.444 e. The van der Waals surface area contributed by atoms with E-state index in [4.69, 9.17) is 9.47 Å². The zero-order chi connectivity index (χ0) is 17.2. The van der Waals surface area contributed by atoms with E-state index in [0.29, 0.717) is 19.8 Å². The number of nitro groups is 1. The number of rotatable bonds is 2. The molecule has 0 unspecified atom stereocenters. The summed E-state index contributed by atoms with van der Waals surface area (Å²) in [4.78, 5) is 24.5. The Kier molecular flexibility index (Phi) is 4.89. The van der Waals surface area contributed by atoms with Gasteiger partial charge in [0.15, 0.2) is 0 Å². The third-order valence-corrected chi connectivity index (χ3v) is 3.58. The van der Waals surface area contributed by atoms with Crippen LogP contribution in [0.1, 0.15) is 37.9 Å². The molecule has 126 valence electrons. The third-order valence-electron chi connectivity index (χ3n) is 3.58. The van der Waals surface area contributed by atoms with Crippen LogP contribution in [0.25, 0.3) is 0 Å². The lowest BCUT2D eigenvalue weighted by Gasteiger charge is -2.37. The van der Waals surface area contributed by atoms with Gasteiger partial charge in [0.1, 0.15) is 5.60 Å². The number of hydrogen-bond donors (Lipinski definition) is 0. The van der Waals surface area contributed by atoms with Gasteiger partial charge in [0.05, 0.1) is 24.2 Å². The average molecular weight is 322 g/mol. The predicted molar refractivity (Wildman–Crippen MR) is 84.3 cm³/mol. The van der Waals surface area contributed by atoms with Crippen molar-refractivity contribution in [2.45, 2.75) is 39.3 Å². The number of non-ortho nitro benzene ring substituents is 1. The smallest absolute Gasteiger partial charge is 0.410 e. The first-order valence-corrected chi connectivity index (χ1v) is 7.51. The van der Waals surface area contributed by atoms with E-state index in [1.54, 1.807) is 17.9 Å². The highest BCUT2D eigenvalue weighted by atomic mass is 16.6. The molecule has 0 aromatic heterocycles. The molecule has 1 aromatic carbocycles. The molecule has 0 spiro atoms. The van der Waals surface area contributed by atoms with Gasteiger partial charge < -0.3 is 9.47 Å². The van der Waals surface area contributed by atoms with Crippen molar-refractivity contribution in [1.29, 1.82) is 0 Å². The fourth-order valence-electron chi connectivity index (χ4n) is 2.55. The van der Waals surface area contributed by atoms with E-state index in [2.05, 4.69) is 0 Å². The van der Waals surface area contributed by atoms with E-state index in [1.807, 2.05) is 20.8 Å². The summed E-state index contributed by atoms with van der Waals surface area (Å²) in [5.74, 6) is 0. The first-order chi connectivity index (χ1) is 10.7. The van der Waals surface area contributed by atoms with Crippen LogP contribution >= 0.6 is 0 Å². The van der Waals surface area contributed by atoms with Crippen molar-refractivity contribution in [3.8, 4) is 0 Å². The number of aryl methyl sites for hydroxylation is 1. The Bertz CT molecular complexity index is 609. The molecule has 0 bridgehead atoms. The number of morpholine rings is 1. The van der Waals surface area contributed by atoms with Crippen LogP contribution in [0.3, 0.4) is 0 Å². The molecule has 1 aromatic rings. The number of ether oxygens (including phenoxy) is 2. The lowest BCUT2D eigenvalue weighted by Crippen LogP contribution is -2.45. The Balaban J connectivity index is 2.28. The number of nitro benzene ring substituents is 1. The molecule has 23 heavy (non-hydrogen) atoms. The SMILES string of the molecule is Cc1cc([N+](=O)[O-])ccc1[C@H]1COCCN1C(=O)OC(C)(C)C. The fourth-order valence-corrected chi connectivity index (χ4v) is 2.55. The van der Waals surface area contributed by atoms with E-state index in [9.17, 15) is 14.9 Å². The van der Waals surface area contributed by atoms with Crippen LogP contribution in [0.4, 0.5) is 10.5 Å². The Morgan fingerprint density at radius 2 is 2.13 bits per heavy atom. The molecule has 2 rings (SSSR count). The first kappa shape index (κ1) is 17.2. The van der Waals surface area contributed by atoms with Crippen LogP contribution in [0.15, 0.2) is 18.2 Å². The molecule has 1 heterocycles. The van der Waals surface area contributed by atoms with Crippen LogP contribution in [0.5, 0.6) is 0 Å². The summed E-state index contributed by atoms with van der Waals surface area (Å²) < 4.78 is 11.0. The van der Waals surface area contributed by atoms with Gasteiger partial charge in [-0.25, -0.2) is 4.79 Å². The van der Waals surface area contributed by atoms with Crippen molar-refractivity contribution in [2.75, 3.05) is 19.8 Å². The van der Waals surface area contributed by atoms with Crippen LogP contribution in [-0.4, -0.2) is 41.3 Å². The second-order valence-electron chi connectivity index (χ2n) is 6.56. The Labute approximate surface area is 135 Å². The summed E-state index contributed by atoms with van der Waals surface area (Å²) in [6.07, 6.45) is -0.399. The van der Waals surface area contributed by atoms with Gasteiger partial charge in [-0.2, -0.15) is 0 Å². The largest absolute Gasteiger partial charge is 0.444 e. The molecule has 1 saturated heterocycles. The lowest BCUT2D eigenvalue weighted by molar-refractivity contribution is -0.384. The molecule has 7 nitrogen and oxygen atoms in total. The Morgan fingerprint density at radius 3 is 2.70 bits per heavy atom. The molecule has 1 aliphatic rings. The van der Waals surface area contributed by atoms with Crippen molar-refractivity contribution in [1.82, 2.24) is 4.90 Å². The van der Waals surface area contributed by atoms with Crippen molar-refractivity contribution in [2.24, 2.45) is 0 Å². The predicted octanol–water partition coefficient (Wildman–Crippen LogP) is 3.21. The van der Waals surface area contributed by atoms with Crippen LogP contribution < -0.4 is 0 Å². The van der Waals surface area contributed by atoms with Crippen molar-refractivity contribution >= 4 is 11.8 Å². The minimum atomic E-state index is -0.579. The van der Waals surface area contributed by atoms with Gasteiger partial charge in [-0.1, -0.05) is 0 Å². The topological polar surface area (TPSA) is 81.9 Å². The third kappa shape index (κ3) is 4.19. The first-order valence-electron chi connectivity index (χ1n) is 7.51. The fraction of sp³-hybridized carbons (Fsp3) is 0.562. The van der Waals surface area contributed by atoms with Gasteiger partial charge >= 0.3 is 6.09 Å². The van der Waals surface area contributed by atoms with Crippen molar-refractivity contribution in [3.63, 3.8) is 0 Å². The van der Waals surface area contributed by atoms with Gasteiger partial charge in [-0.05, 0) is 44.9 Å². The molecule has 0 saturated carbocycles. The number of nitrogens with zero attached hydrogens (tertiary/aromatic N) is 2. The zero-order valence-corrected chi connectivity index (χ0v) is 13.9. The zero-order valence-electron chi connectivity index (χ0n) is 13.9. The molecule has 0 radical (unpaired) electrons. The van der Waals surface area contributed by atoms with E-state index in [1.165, 1.54) is 12.1 Å². The Hall–Kier alpha value is -2.15. The number of carbonyl (C=O) groups excluding carboxylic acids is 1. The maximum Gasteiger partial charge on any atom is 0.410 e. The highest BCUT2D eigenvalue weighted by Crippen LogP contribution is 2.30. The molecule has 1 atom stereocenters. The molecular formula is C16H22N2O5. The summed E-state index contributed by atoms with van der Waals surface area (Å²) in [6.45, 7) is 8.46. The maximum absolute atomic E-state index is 12.4. The monoisotopic (exact) mass is 322 g/mol. The van der Waals surface area contributed by atoms with Gasteiger partial charge in [0.25, 0.3) is 5.69 Å². The summed E-state index contributed by atoms with van der Waals surface area (Å²) in [5, 5.41) is 10.9. The van der Waals surface area contributed by atoms with Gasteiger partial charge in [-0.15, -0.1) is 0 Å². The standard InChI is InChI=1S/C16H22N2O5/c1-11-9-12(18(20)21)5-6-13(11)14-10-22-8-7-17(14)15(19)23-16(2,3)4/h5-6,9,14H,7-8,10H2,1-4H3/t14-/m1/s1. The molecular weight excluding hydrogens is 300 g/mol. The van der Waals surface area contributed by atoms with E-state index < -0.39 is 16.6 Å². The number of hydrogen-bond acceptors (Lipinski definition) is 5. The number of carbonyl (C=O) groups is 1. The van der Waals surface area contributed by atoms with Crippen molar-refractivity contribution < 1.29 is 19.2 Å². The van der Waals surface area contributed by atoms with Gasteiger partial charge in [0.2, 0.25) is 0 Å². The van der Waals surface area contributed by atoms with Gasteiger partial charge in [0, 0.05) is 18.7 Å². The second-order valence-corrected chi connectivity index (χ2v) is 6.56. The molecule has 1 aliphatic heterocycles. The van der Waals surface area contributed by atoms with Crippen LogP contribution in [-0.2, 0) is 9.47 Å². The summed E-state index contributed by atoms with van der Waals surface area (Å²) in [6, 6.07) is 4.34. The van der Waals surface area contributed by atoms with E-state index in [0.717, 1.165) is 11.1 Å². The van der Waals surface area contributed by atoms with Crippen LogP contribution in [0.2, 0.25) is 0 Å². The minimum absolute atomic E-state index is 0.0341. The van der Waals surface area contributed by atoms with Gasteiger partial charge in [-0.3, -0.25) is 15.0 Å². The maximum atomic E-state index is 12.4. The number of benzene rings is 1. The lowest BCUT2D eigenvalue weighted by atomic mass is 9.99. The van der Waals surface area contributed by atoms with Crippen LogP contribution in [0, 0.1) is 17.0 Å². The summed E-state index contributed by atoms with van der Waals surface area (Å²) in [5.41, 5.74) is 1.04. The molecule has 1 amide bonds. The van der Waals surface area contributed by atoms with Crippen molar-refractivity contribution in [3.05, 3.63) is 39.4 Å². The highest BCUT2D eigenvalue weighted by Gasteiger charge is 2.33. The quantitative estimate of drug-likeness (QED) is 0.617. The molecule has 7 heteroatoms. The number of amides is 1. The van der Waals surface area contributed by atoms with E-state index >= 15 is 0 Å².